The summed E-state index contributed by atoms with van der Waals surface area (Å²) in [5.74, 6) is 0.577. The lowest BCUT2D eigenvalue weighted by molar-refractivity contribution is 0.0178. The highest BCUT2D eigenvalue weighted by molar-refractivity contribution is 7.30. The monoisotopic (exact) mass is 506 g/mol. The summed E-state index contributed by atoms with van der Waals surface area (Å²) in [4.78, 5) is 18.9. The molecule has 0 saturated carbocycles. The summed E-state index contributed by atoms with van der Waals surface area (Å²) >= 11 is 0. The third-order valence-electron chi connectivity index (χ3n) is 6.99. The highest BCUT2D eigenvalue weighted by Gasteiger charge is 2.44. The summed E-state index contributed by atoms with van der Waals surface area (Å²) in [7, 11) is -2.87. The van der Waals surface area contributed by atoms with Gasteiger partial charge in [0.25, 0.3) is 0 Å². The number of aliphatic hydroxyl groups is 1. The van der Waals surface area contributed by atoms with E-state index < -0.39 is 19.9 Å². The summed E-state index contributed by atoms with van der Waals surface area (Å²) in [5, 5.41) is 16.4. The quantitative estimate of drug-likeness (QED) is 0.212. The molecule has 0 aliphatic rings. The van der Waals surface area contributed by atoms with Crippen LogP contribution in [0.15, 0.2) is 97.3 Å². The van der Waals surface area contributed by atoms with E-state index in [9.17, 15) is 5.11 Å². The number of rotatable bonds is 8. The number of hydrogen-bond donors (Lipinski definition) is 3. The highest BCUT2D eigenvalue weighted by Crippen LogP contribution is 2.45. The van der Waals surface area contributed by atoms with Gasteiger partial charge in [0, 0.05) is 9.98 Å². The first kappa shape index (κ1) is 27.4. The molecule has 3 N–H and O–H groups in total. The van der Waals surface area contributed by atoms with Crippen molar-refractivity contribution in [3.8, 4) is 0 Å². The summed E-state index contributed by atoms with van der Waals surface area (Å²) in [6.07, 6.45) is 2.49. The first-order valence-electron chi connectivity index (χ1n) is 11.9. The third kappa shape index (κ3) is 5.45. The minimum absolute atomic E-state index is 0.305. The van der Waals surface area contributed by atoms with Crippen molar-refractivity contribution in [2.75, 3.05) is 0 Å². The molecular weight excluding hydrogens is 473 g/mol. The number of aliphatic hydroxyl groups excluding tert-OH is 1. The fourth-order valence-corrected chi connectivity index (χ4v) is 4.55. The van der Waals surface area contributed by atoms with Gasteiger partial charge < -0.3 is 5.11 Å². The molecule has 36 heavy (non-hydrogen) atoms. The molecule has 3 aromatic carbocycles. The molecule has 0 aliphatic heterocycles. The molecule has 1 aromatic heterocycles. The fraction of sp³-hybridized carbons (Fsp3) is 0.286. The van der Waals surface area contributed by atoms with Gasteiger partial charge in [-0.05, 0) is 29.5 Å². The lowest BCUT2D eigenvalue weighted by Gasteiger charge is -2.39. The van der Waals surface area contributed by atoms with E-state index in [1.165, 1.54) is 0 Å². The molecule has 1 atom stereocenters. The molecule has 188 valence electrons. The Bertz CT molecular complexity index is 1130. The first-order chi connectivity index (χ1) is 17.3. The second kappa shape index (κ2) is 12.2. The summed E-state index contributed by atoms with van der Waals surface area (Å²) < 4.78 is 10.6. The van der Waals surface area contributed by atoms with Crippen molar-refractivity contribution in [1.82, 2.24) is 14.8 Å². The summed E-state index contributed by atoms with van der Waals surface area (Å²) in [6.45, 7) is 6.35. The van der Waals surface area contributed by atoms with Crippen molar-refractivity contribution < 1.29 is 19.5 Å². The Kier molecular flexibility index (Phi) is 9.24. The van der Waals surface area contributed by atoms with Crippen LogP contribution >= 0.6 is 8.25 Å². The van der Waals surface area contributed by atoms with Gasteiger partial charge in [-0.3, -0.25) is 0 Å². The van der Waals surface area contributed by atoms with Gasteiger partial charge in [-0.25, -0.2) is 9.67 Å². The van der Waals surface area contributed by atoms with Gasteiger partial charge in [-0.15, -0.1) is 9.79 Å². The highest BCUT2D eigenvalue weighted by atomic mass is 31.1. The molecule has 0 saturated heterocycles. The normalized spacial score (nSPS) is 12.4. The van der Waals surface area contributed by atoms with Gasteiger partial charge in [0.2, 0.25) is 0 Å². The van der Waals surface area contributed by atoms with E-state index in [0.717, 1.165) is 29.5 Å². The van der Waals surface area contributed by atoms with Crippen molar-refractivity contribution in [2.45, 2.75) is 45.3 Å². The lowest BCUT2D eigenvalue weighted by atomic mass is 9.75. The minimum atomic E-state index is -2.87. The van der Waals surface area contributed by atoms with Crippen molar-refractivity contribution >= 4 is 8.25 Å². The maximum atomic E-state index is 11.6. The van der Waals surface area contributed by atoms with Crippen molar-refractivity contribution in [3.63, 3.8) is 0 Å². The molecule has 0 radical (unpaired) electrons. The molecule has 0 fully saturated rings. The second-order valence-electron chi connectivity index (χ2n) is 8.85. The SMILES string of the molecule is CCC(C)(CC)C(O)c1ncnn1C(c1ccccc1)(c1ccccc1)c1ccccc1.O=[P+](O)O. The van der Waals surface area contributed by atoms with E-state index in [1.54, 1.807) is 6.33 Å². The van der Waals surface area contributed by atoms with Crippen LogP contribution in [0, 0.1) is 5.41 Å². The van der Waals surface area contributed by atoms with Crippen LogP contribution in [0.25, 0.3) is 0 Å². The molecule has 0 bridgehead atoms. The van der Waals surface area contributed by atoms with Crippen molar-refractivity contribution in [2.24, 2.45) is 5.41 Å². The Morgan fingerprint density at radius 2 is 1.17 bits per heavy atom. The number of aromatic nitrogens is 3. The van der Waals surface area contributed by atoms with Crippen molar-refractivity contribution in [1.29, 1.82) is 0 Å². The van der Waals surface area contributed by atoms with Crippen LogP contribution < -0.4 is 0 Å². The lowest BCUT2D eigenvalue weighted by Crippen LogP contribution is -2.41. The smallest absolute Gasteiger partial charge is 0.385 e. The molecule has 4 rings (SSSR count). The molecule has 4 aromatic rings. The summed E-state index contributed by atoms with van der Waals surface area (Å²) in [6, 6.07) is 31.1. The zero-order valence-corrected chi connectivity index (χ0v) is 21.7. The maximum Gasteiger partial charge on any atom is 0.692 e. The predicted octanol–water partition coefficient (Wildman–Crippen LogP) is 5.61. The van der Waals surface area contributed by atoms with Crippen LogP contribution in [-0.4, -0.2) is 29.7 Å². The Morgan fingerprint density at radius 3 is 1.50 bits per heavy atom. The Morgan fingerprint density at radius 1 is 0.806 bits per heavy atom. The standard InChI is InChI=1S/C28H31N3O.HO3P/c1-4-27(3,5-2)25(32)26-29-21-30-31(26)28(22-15-9-6-10-16-22,23-17-11-7-12-18-23)24-19-13-8-14-20-24;1-4(2)3/h6-21,25,32H,4-5H2,1-3H3;(H-,1,2,3)/p+1. The van der Waals surface area contributed by atoms with Crippen LogP contribution in [-0.2, 0) is 10.1 Å². The number of benzene rings is 3. The average Bonchev–Trinajstić information content (AvgIpc) is 3.40. The van der Waals surface area contributed by atoms with Crippen LogP contribution in [0.1, 0.15) is 62.2 Å². The average molecular weight is 507 g/mol. The Balaban J connectivity index is 0.000000840. The van der Waals surface area contributed by atoms with Gasteiger partial charge in [0.15, 0.2) is 5.82 Å². The van der Waals surface area contributed by atoms with Gasteiger partial charge in [0.1, 0.15) is 18.0 Å². The van der Waals surface area contributed by atoms with Gasteiger partial charge in [0.05, 0.1) is 0 Å². The number of nitrogens with zero attached hydrogens (tertiary/aromatic N) is 3. The fourth-order valence-electron chi connectivity index (χ4n) is 4.55. The molecule has 1 unspecified atom stereocenters. The van der Waals surface area contributed by atoms with Gasteiger partial charge >= 0.3 is 8.25 Å². The van der Waals surface area contributed by atoms with E-state index in [2.05, 4.69) is 62.2 Å². The van der Waals surface area contributed by atoms with E-state index in [1.807, 2.05) is 59.3 Å². The van der Waals surface area contributed by atoms with Crippen LogP contribution in [0.5, 0.6) is 0 Å². The van der Waals surface area contributed by atoms with E-state index in [4.69, 9.17) is 19.5 Å². The minimum Gasteiger partial charge on any atom is -0.385 e. The molecule has 0 spiro atoms. The molecule has 0 amide bonds. The van der Waals surface area contributed by atoms with E-state index in [0.29, 0.717) is 5.82 Å². The summed E-state index contributed by atoms with van der Waals surface area (Å²) in [5.41, 5.74) is 2.10. The second-order valence-corrected chi connectivity index (χ2v) is 9.36. The van der Waals surface area contributed by atoms with Crippen LogP contribution in [0.2, 0.25) is 0 Å². The largest absolute Gasteiger partial charge is 0.692 e. The number of hydrogen-bond acceptors (Lipinski definition) is 4. The van der Waals surface area contributed by atoms with E-state index >= 15 is 0 Å². The van der Waals surface area contributed by atoms with Crippen LogP contribution in [0.4, 0.5) is 0 Å². The van der Waals surface area contributed by atoms with Gasteiger partial charge in [-0.2, -0.15) is 5.10 Å². The molecule has 8 heteroatoms. The van der Waals surface area contributed by atoms with Crippen molar-refractivity contribution in [3.05, 3.63) is 120 Å². The Hall–Kier alpha value is -3.22. The zero-order chi connectivity index (χ0) is 26.2. The molecular formula is C28H33N3O4P+. The van der Waals surface area contributed by atoms with E-state index in [-0.39, 0.29) is 5.41 Å². The molecule has 1 heterocycles. The predicted molar refractivity (Wildman–Crippen MR) is 140 cm³/mol. The topological polar surface area (TPSA) is 108 Å². The Labute approximate surface area is 213 Å². The first-order valence-corrected chi connectivity index (χ1v) is 13.1. The zero-order valence-electron chi connectivity index (χ0n) is 20.8. The maximum absolute atomic E-state index is 11.6. The third-order valence-corrected chi connectivity index (χ3v) is 6.99. The van der Waals surface area contributed by atoms with Crippen LogP contribution in [0.3, 0.4) is 0 Å². The molecule has 0 aliphatic carbocycles. The molecule has 7 nitrogen and oxygen atoms in total. The van der Waals surface area contributed by atoms with Gasteiger partial charge in [-0.1, -0.05) is 112 Å².